The maximum Gasteiger partial charge on any atom is 0.307 e. The van der Waals surface area contributed by atoms with Crippen molar-refractivity contribution in [2.75, 3.05) is 40.5 Å². The quantitative estimate of drug-likeness (QED) is 0.110. The van der Waals surface area contributed by atoms with Gasteiger partial charge in [-0.1, -0.05) is 48.6 Å². The van der Waals surface area contributed by atoms with Crippen molar-refractivity contribution < 1.29 is 23.8 Å². The zero-order valence-corrected chi connectivity index (χ0v) is 27.8. The number of esters is 1. The van der Waals surface area contributed by atoms with E-state index in [4.69, 9.17) is 14.2 Å². The van der Waals surface area contributed by atoms with Crippen molar-refractivity contribution >= 4 is 11.9 Å². The van der Waals surface area contributed by atoms with Crippen LogP contribution in [0, 0.1) is 6.92 Å². The van der Waals surface area contributed by atoms with E-state index in [-0.39, 0.29) is 24.5 Å². The molecule has 4 rings (SSSR count). The summed E-state index contributed by atoms with van der Waals surface area (Å²) in [5.41, 5.74) is 4.27. The Morgan fingerprint density at radius 2 is 1.85 bits per heavy atom. The maximum atomic E-state index is 14.0. The number of nitrogens with zero attached hydrogens (tertiary/aromatic N) is 2. The molecule has 47 heavy (non-hydrogen) atoms. The number of hydrogen-bond donors (Lipinski definition) is 1. The van der Waals surface area contributed by atoms with Crippen molar-refractivity contribution in [2.24, 2.45) is 0 Å². The average Bonchev–Trinajstić information content (AvgIpc) is 3.05. The number of likely N-dealkylation sites (tertiary alicyclic amines) is 1. The van der Waals surface area contributed by atoms with Gasteiger partial charge in [-0.15, -0.1) is 13.2 Å². The fourth-order valence-electron chi connectivity index (χ4n) is 5.81. The predicted octanol–water partition coefficient (Wildman–Crippen LogP) is 5.58. The number of nitrogens with one attached hydrogen (secondary N) is 1. The van der Waals surface area contributed by atoms with E-state index in [9.17, 15) is 14.4 Å². The highest BCUT2D eigenvalue weighted by molar-refractivity contribution is 5.82. The number of rotatable bonds is 18. The van der Waals surface area contributed by atoms with Gasteiger partial charge >= 0.3 is 5.97 Å². The Bertz CT molecular complexity index is 1590. The molecular formula is C38H47N3O6. The molecule has 1 saturated heterocycles. The Kier molecular flexibility index (Phi) is 13.1. The van der Waals surface area contributed by atoms with Gasteiger partial charge in [-0.3, -0.25) is 19.3 Å². The Balaban J connectivity index is 1.59. The highest BCUT2D eigenvalue weighted by Gasteiger charge is 2.28. The first-order valence-corrected chi connectivity index (χ1v) is 16.2. The molecular weight excluding hydrogens is 594 g/mol. The molecule has 0 saturated carbocycles. The molecule has 250 valence electrons. The minimum atomic E-state index is -0.850. The first-order valence-electron chi connectivity index (χ1n) is 16.2. The molecule has 9 nitrogen and oxygen atoms in total. The highest BCUT2D eigenvalue weighted by Crippen LogP contribution is 2.35. The zero-order chi connectivity index (χ0) is 33.8. The Morgan fingerprint density at radius 1 is 1.06 bits per heavy atom. The number of allylic oxidation sites excluding steroid dienone is 2. The summed E-state index contributed by atoms with van der Waals surface area (Å²) in [6, 6.07) is 15.4. The summed E-state index contributed by atoms with van der Waals surface area (Å²) in [6.45, 7) is 12.8. The molecule has 9 heteroatoms. The summed E-state index contributed by atoms with van der Waals surface area (Å²) in [5, 5.41) is 3.05. The average molecular weight is 642 g/mol. The van der Waals surface area contributed by atoms with Crippen molar-refractivity contribution in [2.45, 2.75) is 57.2 Å². The molecule has 1 fully saturated rings. The number of amides is 1. The van der Waals surface area contributed by atoms with Crippen molar-refractivity contribution in [3.05, 3.63) is 113 Å². The lowest BCUT2D eigenvalue weighted by molar-refractivity contribution is -0.141. The molecule has 2 atom stereocenters. The van der Waals surface area contributed by atoms with Gasteiger partial charge in [0, 0.05) is 44.6 Å². The summed E-state index contributed by atoms with van der Waals surface area (Å²) in [4.78, 5) is 41.9. The van der Waals surface area contributed by atoms with Crippen molar-refractivity contribution in [3.63, 3.8) is 0 Å². The Hall–Kier alpha value is -4.47. The number of pyridine rings is 1. The van der Waals surface area contributed by atoms with Crippen LogP contribution in [-0.4, -0.2) is 67.9 Å². The number of methoxy groups -OCH3 is 2. The molecule has 0 spiro atoms. The molecule has 1 N–H and O–H groups in total. The van der Waals surface area contributed by atoms with Crippen LogP contribution in [-0.2, 0) is 25.5 Å². The van der Waals surface area contributed by atoms with E-state index in [2.05, 4.69) is 23.4 Å². The lowest BCUT2D eigenvalue weighted by Crippen LogP contribution is -2.52. The van der Waals surface area contributed by atoms with E-state index in [0.29, 0.717) is 6.61 Å². The smallest absolute Gasteiger partial charge is 0.307 e. The number of ether oxygens (including phenoxy) is 3. The number of aryl methyl sites for hydroxylation is 1. The van der Waals surface area contributed by atoms with Crippen LogP contribution in [0.2, 0.25) is 0 Å². The van der Waals surface area contributed by atoms with Crippen molar-refractivity contribution in [3.8, 4) is 16.9 Å². The Morgan fingerprint density at radius 3 is 2.57 bits per heavy atom. The van der Waals surface area contributed by atoms with E-state index < -0.39 is 24.0 Å². The topological polar surface area (TPSA) is 99.1 Å². The number of aromatic nitrogens is 1. The molecule has 3 aromatic rings. The molecule has 2 heterocycles. The van der Waals surface area contributed by atoms with Gasteiger partial charge in [0.1, 0.15) is 11.8 Å². The second-order valence-electron chi connectivity index (χ2n) is 11.9. The second-order valence-corrected chi connectivity index (χ2v) is 11.9. The van der Waals surface area contributed by atoms with Crippen LogP contribution in [0.5, 0.6) is 5.75 Å². The number of benzene rings is 2. The third-order valence-corrected chi connectivity index (χ3v) is 8.54. The SMILES string of the molecule is C=CCCCOc1cccc(C)c1-c1cccc([C@H](CC(=O)OC)NC(=O)[C@H](CC=C)n2cc(CCN3CC(OC)C3)ccc2=O)c1. The van der Waals surface area contributed by atoms with Gasteiger partial charge in [0.25, 0.3) is 5.56 Å². The molecule has 2 aromatic carbocycles. The lowest BCUT2D eigenvalue weighted by atomic mass is 9.94. The highest BCUT2D eigenvalue weighted by atomic mass is 16.5. The van der Waals surface area contributed by atoms with Crippen LogP contribution < -0.4 is 15.6 Å². The van der Waals surface area contributed by atoms with Gasteiger partial charge in [-0.2, -0.15) is 0 Å². The molecule has 1 aliphatic heterocycles. The largest absolute Gasteiger partial charge is 0.493 e. The summed E-state index contributed by atoms with van der Waals surface area (Å²) >= 11 is 0. The van der Waals surface area contributed by atoms with E-state index in [1.165, 1.54) is 17.7 Å². The predicted molar refractivity (Wildman–Crippen MR) is 185 cm³/mol. The van der Waals surface area contributed by atoms with Crippen LogP contribution in [0.3, 0.4) is 0 Å². The first-order chi connectivity index (χ1) is 22.8. The molecule has 1 amide bonds. The molecule has 1 aliphatic rings. The third kappa shape index (κ3) is 9.53. The van der Waals surface area contributed by atoms with E-state index in [1.54, 1.807) is 19.4 Å². The first kappa shape index (κ1) is 35.4. The minimum Gasteiger partial charge on any atom is -0.493 e. The number of hydrogen-bond acceptors (Lipinski definition) is 7. The third-order valence-electron chi connectivity index (χ3n) is 8.54. The molecule has 0 bridgehead atoms. The lowest BCUT2D eigenvalue weighted by Gasteiger charge is -2.38. The van der Waals surface area contributed by atoms with Crippen LogP contribution in [0.25, 0.3) is 11.1 Å². The van der Waals surface area contributed by atoms with Gasteiger partial charge in [-0.05, 0) is 67.0 Å². The summed E-state index contributed by atoms with van der Waals surface area (Å²) < 4.78 is 18.0. The van der Waals surface area contributed by atoms with Gasteiger partial charge < -0.3 is 24.1 Å². The summed E-state index contributed by atoms with van der Waals surface area (Å²) in [5.74, 6) is -0.0991. The number of unbranched alkanes of at least 4 members (excludes halogenated alkanes) is 1. The van der Waals surface area contributed by atoms with Crippen LogP contribution in [0.4, 0.5) is 0 Å². The zero-order valence-electron chi connectivity index (χ0n) is 27.8. The molecule has 0 aliphatic carbocycles. The van der Waals surface area contributed by atoms with Gasteiger partial charge in [0.15, 0.2) is 0 Å². The van der Waals surface area contributed by atoms with Crippen molar-refractivity contribution in [1.82, 2.24) is 14.8 Å². The fraction of sp³-hybridized carbons (Fsp3) is 0.395. The molecule has 0 unspecified atom stereocenters. The van der Waals surface area contributed by atoms with Gasteiger partial charge in [-0.25, -0.2) is 0 Å². The minimum absolute atomic E-state index is 0.0849. The van der Waals surface area contributed by atoms with Crippen LogP contribution >= 0.6 is 0 Å². The summed E-state index contributed by atoms with van der Waals surface area (Å²) in [6.07, 6.45) is 8.12. The monoisotopic (exact) mass is 641 g/mol. The van der Waals surface area contributed by atoms with E-state index in [0.717, 1.165) is 72.5 Å². The standard InChI is InChI=1S/C38H47N3O6/c1-6-8-9-21-47-34-16-10-13-27(3)37(34)30-15-11-14-29(22-30)32(23-36(43)46-5)39-38(44)33(12-7-2)41-24-28(17-18-35(41)42)19-20-40-25-31(26-40)45-4/h6-7,10-11,13-18,22,24,31-33H,1-2,8-9,12,19-21,23,25-26H2,3-5H3,(H,39,44)/t32-,33-/m0/s1. The molecule has 0 radical (unpaired) electrons. The number of carbonyl (C=O) groups excluding carboxylic acids is 2. The molecule has 1 aromatic heterocycles. The fourth-order valence-corrected chi connectivity index (χ4v) is 5.81. The van der Waals surface area contributed by atoms with E-state index >= 15 is 0 Å². The second kappa shape index (κ2) is 17.4. The summed E-state index contributed by atoms with van der Waals surface area (Å²) in [7, 11) is 3.04. The van der Waals surface area contributed by atoms with Crippen LogP contribution in [0.1, 0.15) is 54.5 Å². The normalized spacial score (nSPS) is 14.4. The van der Waals surface area contributed by atoms with Crippen LogP contribution in [0.15, 0.2) is 90.9 Å². The van der Waals surface area contributed by atoms with Gasteiger partial charge in [0.2, 0.25) is 5.91 Å². The Labute approximate surface area is 277 Å². The van der Waals surface area contributed by atoms with E-state index in [1.807, 2.05) is 61.5 Å². The van der Waals surface area contributed by atoms with Gasteiger partial charge in [0.05, 0.1) is 32.3 Å². The van der Waals surface area contributed by atoms with Crippen molar-refractivity contribution in [1.29, 1.82) is 0 Å². The maximum absolute atomic E-state index is 14.0. The number of carbonyl (C=O) groups is 2.